The quantitative estimate of drug-likeness (QED) is 0.746. The molecule has 0 spiro atoms. The molecule has 1 N–H and O–H groups in total. The van der Waals surface area contributed by atoms with E-state index in [1.165, 1.54) is 6.33 Å². The van der Waals surface area contributed by atoms with Gasteiger partial charge >= 0.3 is 0 Å². The van der Waals surface area contributed by atoms with Gasteiger partial charge in [0.2, 0.25) is 5.82 Å². The minimum absolute atomic E-state index is 0.0359. The summed E-state index contributed by atoms with van der Waals surface area (Å²) in [4.78, 5) is 17.6. The lowest BCUT2D eigenvalue weighted by atomic mass is 9.89. The fraction of sp³-hybridized carbons (Fsp3) is 0.700. The zero-order valence-electron chi connectivity index (χ0n) is 9.10. The van der Waals surface area contributed by atoms with Gasteiger partial charge in [-0.05, 0) is 18.3 Å². The molecule has 1 aromatic rings. The van der Waals surface area contributed by atoms with Crippen LogP contribution in [0.1, 0.15) is 30.9 Å². The van der Waals surface area contributed by atoms with Gasteiger partial charge in [0.05, 0.1) is 0 Å². The molecule has 0 bridgehead atoms. The second-order valence-corrected chi connectivity index (χ2v) is 4.33. The topological polar surface area (TPSA) is 61.9 Å². The Balaban J connectivity index is 2.03. The molecule has 0 saturated carbocycles. The zero-order chi connectivity index (χ0) is 10.8. The van der Waals surface area contributed by atoms with Gasteiger partial charge in [-0.3, -0.25) is 9.89 Å². The molecule has 15 heavy (non-hydrogen) atoms. The first-order chi connectivity index (χ1) is 7.18. The van der Waals surface area contributed by atoms with E-state index in [0.29, 0.717) is 17.7 Å². The van der Waals surface area contributed by atoms with Crippen molar-refractivity contribution in [1.29, 1.82) is 0 Å². The summed E-state index contributed by atoms with van der Waals surface area (Å²) in [6.45, 7) is 6.07. The second kappa shape index (κ2) is 4.00. The van der Waals surface area contributed by atoms with Crippen LogP contribution in [0.15, 0.2) is 6.33 Å². The van der Waals surface area contributed by atoms with Crippen LogP contribution in [-0.4, -0.2) is 39.1 Å². The van der Waals surface area contributed by atoms with Crippen LogP contribution >= 0.6 is 0 Å². The van der Waals surface area contributed by atoms with Crippen molar-refractivity contribution in [1.82, 2.24) is 20.1 Å². The monoisotopic (exact) mass is 208 g/mol. The van der Waals surface area contributed by atoms with E-state index in [1.54, 1.807) is 0 Å². The number of H-pyrrole nitrogens is 1. The summed E-state index contributed by atoms with van der Waals surface area (Å²) < 4.78 is 0. The van der Waals surface area contributed by atoms with E-state index >= 15 is 0 Å². The summed E-state index contributed by atoms with van der Waals surface area (Å²) in [6, 6.07) is 0. The average Bonchev–Trinajstić information content (AvgIpc) is 2.74. The van der Waals surface area contributed by atoms with E-state index in [4.69, 9.17) is 0 Å². The zero-order valence-corrected chi connectivity index (χ0v) is 9.10. The first-order valence-electron chi connectivity index (χ1n) is 5.33. The lowest BCUT2D eigenvalue weighted by Gasteiger charge is -2.34. The lowest BCUT2D eigenvalue weighted by molar-refractivity contribution is 0.0615. The van der Waals surface area contributed by atoms with E-state index in [2.05, 4.69) is 29.0 Å². The molecular weight excluding hydrogens is 192 g/mol. The van der Waals surface area contributed by atoms with Gasteiger partial charge in [-0.25, -0.2) is 4.98 Å². The minimum Gasteiger partial charge on any atom is -0.336 e. The van der Waals surface area contributed by atoms with Crippen molar-refractivity contribution in [2.45, 2.75) is 20.3 Å². The Labute approximate surface area is 88.9 Å². The lowest BCUT2D eigenvalue weighted by Crippen LogP contribution is -2.42. The average molecular weight is 208 g/mol. The molecule has 0 radical (unpaired) electrons. The number of carbonyl (C=O) groups excluding carboxylic acids is 1. The van der Waals surface area contributed by atoms with Crippen molar-refractivity contribution in [3.05, 3.63) is 12.2 Å². The summed E-state index contributed by atoms with van der Waals surface area (Å²) in [7, 11) is 0. The highest BCUT2D eigenvalue weighted by molar-refractivity contribution is 5.90. The van der Waals surface area contributed by atoms with Crippen molar-refractivity contribution >= 4 is 5.91 Å². The Morgan fingerprint density at radius 2 is 2.33 bits per heavy atom. The van der Waals surface area contributed by atoms with Gasteiger partial charge in [0.1, 0.15) is 6.33 Å². The van der Waals surface area contributed by atoms with E-state index in [-0.39, 0.29) is 5.91 Å². The predicted molar refractivity (Wildman–Crippen MR) is 55.2 cm³/mol. The van der Waals surface area contributed by atoms with E-state index < -0.39 is 0 Å². The van der Waals surface area contributed by atoms with Gasteiger partial charge in [0.15, 0.2) is 0 Å². The molecule has 1 aliphatic heterocycles. The number of carbonyl (C=O) groups is 1. The maximum absolute atomic E-state index is 11.9. The summed E-state index contributed by atoms with van der Waals surface area (Å²) in [5.41, 5.74) is 0. The van der Waals surface area contributed by atoms with Gasteiger partial charge in [0, 0.05) is 13.1 Å². The molecule has 82 valence electrons. The van der Waals surface area contributed by atoms with Crippen molar-refractivity contribution in [3.8, 4) is 0 Å². The van der Waals surface area contributed by atoms with E-state index in [0.717, 1.165) is 19.5 Å². The Hall–Kier alpha value is -1.39. The minimum atomic E-state index is -0.0359. The molecular formula is C10H16N4O. The Bertz CT molecular complexity index is 335. The molecule has 2 heterocycles. The first kappa shape index (κ1) is 10.1. The molecule has 1 fully saturated rings. The fourth-order valence-electron chi connectivity index (χ4n) is 1.91. The third-order valence-corrected chi connectivity index (χ3v) is 3.24. The molecule has 5 heteroatoms. The second-order valence-electron chi connectivity index (χ2n) is 4.33. The number of nitrogens with one attached hydrogen (secondary N) is 1. The number of aromatic nitrogens is 3. The summed E-state index contributed by atoms with van der Waals surface area (Å²) in [6.07, 6.45) is 2.43. The number of nitrogens with zero attached hydrogens (tertiary/aromatic N) is 3. The van der Waals surface area contributed by atoms with Crippen molar-refractivity contribution < 1.29 is 4.79 Å². The Morgan fingerprint density at radius 1 is 1.53 bits per heavy atom. The molecule has 1 saturated heterocycles. The van der Waals surface area contributed by atoms with Gasteiger partial charge in [-0.2, -0.15) is 5.10 Å². The van der Waals surface area contributed by atoms with Gasteiger partial charge in [-0.1, -0.05) is 13.8 Å². The molecule has 1 amide bonds. The van der Waals surface area contributed by atoms with E-state index in [9.17, 15) is 4.79 Å². The van der Waals surface area contributed by atoms with Crippen molar-refractivity contribution in [2.75, 3.05) is 13.1 Å². The summed E-state index contributed by atoms with van der Waals surface area (Å²) >= 11 is 0. The molecule has 2 rings (SSSR count). The fourth-order valence-corrected chi connectivity index (χ4v) is 1.91. The number of aromatic amines is 1. The first-order valence-corrected chi connectivity index (χ1v) is 5.33. The van der Waals surface area contributed by atoms with Gasteiger partial charge < -0.3 is 4.90 Å². The van der Waals surface area contributed by atoms with Crippen LogP contribution in [0.2, 0.25) is 0 Å². The number of hydrogen-bond acceptors (Lipinski definition) is 3. The normalized spacial score (nSPS) is 26.7. The van der Waals surface area contributed by atoms with Gasteiger partial charge in [-0.15, -0.1) is 0 Å². The highest BCUT2D eigenvalue weighted by atomic mass is 16.2. The highest BCUT2D eigenvalue weighted by Gasteiger charge is 2.27. The number of piperidine rings is 1. The maximum Gasteiger partial charge on any atom is 0.291 e. The number of hydrogen-bond donors (Lipinski definition) is 1. The van der Waals surface area contributed by atoms with Crippen molar-refractivity contribution in [2.24, 2.45) is 11.8 Å². The molecule has 2 atom stereocenters. The molecule has 1 aromatic heterocycles. The van der Waals surface area contributed by atoms with Crippen LogP contribution < -0.4 is 0 Å². The van der Waals surface area contributed by atoms with Crippen LogP contribution in [0.25, 0.3) is 0 Å². The van der Waals surface area contributed by atoms with Crippen LogP contribution in [0.5, 0.6) is 0 Å². The number of amides is 1. The largest absolute Gasteiger partial charge is 0.336 e. The Kier molecular flexibility index (Phi) is 2.70. The Morgan fingerprint density at radius 3 is 2.93 bits per heavy atom. The molecule has 0 aliphatic carbocycles. The number of rotatable bonds is 1. The van der Waals surface area contributed by atoms with Crippen LogP contribution in [-0.2, 0) is 0 Å². The molecule has 2 unspecified atom stereocenters. The molecule has 5 nitrogen and oxygen atoms in total. The molecule has 1 aliphatic rings. The van der Waals surface area contributed by atoms with Gasteiger partial charge in [0.25, 0.3) is 5.91 Å². The summed E-state index contributed by atoms with van der Waals surface area (Å²) in [5.74, 6) is 1.57. The van der Waals surface area contributed by atoms with Crippen LogP contribution in [0, 0.1) is 11.8 Å². The van der Waals surface area contributed by atoms with Crippen molar-refractivity contribution in [3.63, 3.8) is 0 Å². The standard InChI is InChI=1S/C10H16N4O/c1-7-3-4-14(5-8(7)2)10(15)9-11-6-12-13-9/h6-8H,3-5H2,1-2H3,(H,11,12,13). The van der Waals surface area contributed by atoms with Crippen LogP contribution in [0.4, 0.5) is 0 Å². The highest BCUT2D eigenvalue weighted by Crippen LogP contribution is 2.22. The predicted octanol–water partition coefficient (Wildman–Crippen LogP) is 0.923. The third-order valence-electron chi connectivity index (χ3n) is 3.24. The smallest absolute Gasteiger partial charge is 0.291 e. The molecule has 0 aromatic carbocycles. The third kappa shape index (κ3) is 2.00. The van der Waals surface area contributed by atoms with Crippen LogP contribution in [0.3, 0.4) is 0 Å². The number of likely N-dealkylation sites (tertiary alicyclic amines) is 1. The maximum atomic E-state index is 11.9. The van der Waals surface area contributed by atoms with E-state index in [1.807, 2.05) is 4.90 Å². The SMILES string of the molecule is CC1CCN(C(=O)c2ncn[nH]2)CC1C. The summed E-state index contributed by atoms with van der Waals surface area (Å²) in [5, 5.41) is 6.30.